The van der Waals surface area contributed by atoms with Gasteiger partial charge in [0.05, 0.1) is 18.2 Å². The lowest BCUT2D eigenvalue weighted by atomic mass is 10.1. The molecule has 106 valence electrons. The maximum absolute atomic E-state index is 14.2. The van der Waals surface area contributed by atoms with E-state index in [9.17, 15) is 4.39 Å². The maximum atomic E-state index is 14.2. The zero-order valence-corrected chi connectivity index (χ0v) is 12.3. The van der Waals surface area contributed by atoms with Crippen LogP contribution in [-0.4, -0.2) is 17.1 Å². The summed E-state index contributed by atoms with van der Waals surface area (Å²) < 4.78 is 19.1. The topological polar surface area (TPSA) is 35.0 Å². The van der Waals surface area contributed by atoms with Crippen LogP contribution >= 0.6 is 11.6 Å². The smallest absolute Gasteiger partial charge is 0.164 e. The Morgan fingerprint density at radius 3 is 2.67 bits per heavy atom. The van der Waals surface area contributed by atoms with Gasteiger partial charge in [0.15, 0.2) is 5.82 Å². The van der Waals surface area contributed by atoms with Crippen LogP contribution in [0.4, 0.5) is 4.39 Å². The molecule has 0 atom stereocenters. The highest BCUT2D eigenvalue weighted by Gasteiger charge is 2.13. The third-order valence-corrected chi connectivity index (χ3v) is 3.59. The quantitative estimate of drug-likeness (QED) is 0.658. The van der Waals surface area contributed by atoms with Crippen LogP contribution in [0.25, 0.3) is 22.3 Å². The van der Waals surface area contributed by atoms with Crippen LogP contribution in [0.15, 0.2) is 36.4 Å². The molecule has 0 amide bonds. The lowest BCUT2D eigenvalue weighted by Crippen LogP contribution is -1.96. The van der Waals surface area contributed by atoms with Crippen molar-refractivity contribution in [1.29, 1.82) is 0 Å². The Morgan fingerprint density at radius 2 is 1.95 bits per heavy atom. The first-order valence-corrected chi connectivity index (χ1v) is 6.74. The van der Waals surface area contributed by atoms with Gasteiger partial charge in [-0.15, -0.1) is 0 Å². The van der Waals surface area contributed by atoms with E-state index in [1.807, 2.05) is 25.1 Å². The number of fused-ring (bicyclic) bond motifs is 1. The molecule has 0 aliphatic rings. The van der Waals surface area contributed by atoms with E-state index < -0.39 is 5.82 Å². The average Bonchev–Trinajstić information content (AvgIpc) is 2.48. The molecule has 0 N–H and O–H groups in total. The summed E-state index contributed by atoms with van der Waals surface area (Å²) in [6.45, 7) is 1.93. The highest BCUT2D eigenvalue weighted by atomic mass is 35.5. The molecule has 0 saturated carbocycles. The van der Waals surface area contributed by atoms with Crippen molar-refractivity contribution in [2.75, 3.05) is 7.11 Å². The van der Waals surface area contributed by atoms with Crippen LogP contribution < -0.4 is 4.74 Å². The van der Waals surface area contributed by atoms with Crippen LogP contribution in [0.5, 0.6) is 5.75 Å². The summed E-state index contributed by atoms with van der Waals surface area (Å²) in [5.74, 6) is 0.264. The van der Waals surface area contributed by atoms with E-state index >= 15 is 0 Å². The van der Waals surface area contributed by atoms with E-state index in [0.717, 1.165) is 16.5 Å². The Labute approximate surface area is 126 Å². The van der Waals surface area contributed by atoms with Crippen LogP contribution in [0.1, 0.15) is 5.56 Å². The SMILES string of the molecule is COc1ccc(-c2nc(Cl)c3cccc(C)c3n2)c(F)c1. The number of aromatic nitrogens is 2. The molecule has 0 spiro atoms. The van der Waals surface area contributed by atoms with Gasteiger partial charge in [-0.05, 0) is 30.7 Å². The fourth-order valence-corrected chi connectivity index (χ4v) is 2.42. The highest BCUT2D eigenvalue weighted by Crippen LogP contribution is 2.29. The number of nitrogens with zero attached hydrogens (tertiary/aromatic N) is 2. The second kappa shape index (κ2) is 5.30. The van der Waals surface area contributed by atoms with Crippen LogP contribution in [0.2, 0.25) is 5.15 Å². The molecular formula is C16H12ClFN2O. The molecule has 0 fully saturated rings. The normalized spacial score (nSPS) is 10.9. The first kappa shape index (κ1) is 13.8. The van der Waals surface area contributed by atoms with Gasteiger partial charge in [-0.2, -0.15) is 0 Å². The van der Waals surface area contributed by atoms with Crippen molar-refractivity contribution >= 4 is 22.5 Å². The predicted molar refractivity (Wildman–Crippen MR) is 81.2 cm³/mol. The molecule has 3 rings (SSSR count). The van der Waals surface area contributed by atoms with E-state index in [2.05, 4.69) is 9.97 Å². The van der Waals surface area contributed by atoms with Crippen molar-refractivity contribution in [2.24, 2.45) is 0 Å². The average molecular weight is 303 g/mol. The highest BCUT2D eigenvalue weighted by molar-refractivity contribution is 6.34. The molecule has 2 aromatic carbocycles. The van der Waals surface area contributed by atoms with E-state index in [1.54, 1.807) is 12.1 Å². The molecule has 3 nitrogen and oxygen atoms in total. The molecule has 3 aromatic rings. The summed E-state index contributed by atoms with van der Waals surface area (Å²) >= 11 is 6.20. The third kappa shape index (κ3) is 2.43. The van der Waals surface area contributed by atoms with Gasteiger partial charge in [-0.1, -0.05) is 23.7 Å². The van der Waals surface area contributed by atoms with Gasteiger partial charge in [0.25, 0.3) is 0 Å². The largest absolute Gasteiger partial charge is 0.497 e. The van der Waals surface area contributed by atoms with Crippen LogP contribution in [0.3, 0.4) is 0 Å². The minimum atomic E-state index is -0.446. The molecule has 0 saturated heterocycles. The number of hydrogen-bond donors (Lipinski definition) is 0. The number of benzene rings is 2. The first-order valence-electron chi connectivity index (χ1n) is 6.37. The van der Waals surface area contributed by atoms with Gasteiger partial charge in [-0.25, -0.2) is 14.4 Å². The first-order chi connectivity index (χ1) is 10.1. The molecule has 1 heterocycles. The summed E-state index contributed by atoms with van der Waals surface area (Å²) in [5.41, 5.74) is 1.98. The number of halogens is 2. The number of para-hydroxylation sites is 1. The van der Waals surface area contributed by atoms with Gasteiger partial charge in [0.1, 0.15) is 16.7 Å². The van der Waals surface area contributed by atoms with Crippen molar-refractivity contribution in [3.63, 3.8) is 0 Å². The zero-order valence-electron chi connectivity index (χ0n) is 11.5. The maximum Gasteiger partial charge on any atom is 0.164 e. The monoisotopic (exact) mass is 302 g/mol. The van der Waals surface area contributed by atoms with Crippen molar-refractivity contribution < 1.29 is 9.13 Å². The Bertz CT molecular complexity index is 836. The lowest BCUT2D eigenvalue weighted by molar-refractivity contribution is 0.411. The van der Waals surface area contributed by atoms with E-state index in [0.29, 0.717) is 16.5 Å². The number of hydrogen-bond acceptors (Lipinski definition) is 3. The van der Waals surface area contributed by atoms with Crippen molar-refractivity contribution in [3.8, 4) is 17.1 Å². The molecule has 0 unspecified atom stereocenters. The summed E-state index contributed by atoms with van der Waals surface area (Å²) in [7, 11) is 1.49. The van der Waals surface area contributed by atoms with E-state index in [4.69, 9.17) is 16.3 Å². The molecule has 0 bridgehead atoms. The van der Waals surface area contributed by atoms with E-state index in [1.165, 1.54) is 13.2 Å². The van der Waals surface area contributed by atoms with Crippen molar-refractivity contribution in [3.05, 3.63) is 52.9 Å². The van der Waals surface area contributed by atoms with E-state index in [-0.39, 0.29) is 5.82 Å². The summed E-state index contributed by atoms with van der Waals surface area (Å²) in [6.07, 6.45) is 0. The van der Waals surface area contributed by atoms with Crippen LogP contribution in [0, 0.1) is 12.7 Å². The van der Waals surface area contributed by atoms with Crippen molar-refractivity contribution in [2.45, 2.75) is 6.92 Å². The summed E-state index contributed by atoms with van der Waals surface area (Å²) in [5, 5.41) is 1.07. The van der Waals surface area contributed by atoms with Gasteiger partial charge in [-0.3, -0.25) is 0 Å². The zero-order chi connectivity index (χ0) is 15.0. The molecule has 0 aliphatic heterocycles. The number of rotatable bonds is 2. The van der Waals surface area contributed by atoms with Gasteiger partial charge < -0.3 is 4.74 Å². The minimum absolute atomic E-state index is 0.266. The Balaban J connectivity index is 2.24. The van der Waals surface area contributed by atoms with Crippen LogP contribution in [-0.2, 0) is 0 Å². The molecule has 0 aliphatic carbocycles. The van der Waals surface area contributed by atoms with Crippen molar-refractivity contribution in [1.82, 2.24) is 9.97 Å². The molecular weight excluding hydrogens is 291 g/mol. The number of aryl methyl sites for hydroxylation is 1. The summed E-state index contributed by atoms with van der Waals surface area (Å²) in [6, 6.07) is 10.2. The Kier molecular flexibility index (Phi) is 3.47. The lowest BCUT2D eigenvalue weighted by Gasteiger charge is -2.08. The number of methoxy groups -OCH3 is 1. The Hall–Kier alpha value is -2.20. The van der Waals surface area contributed by atoms with Gasteiger partial charge in [0, 0.05) is 11.5 Å². The number of ether oxygens (including phenoxy) is 1. The Morgan fingerprint density at radius 1 is 1.14 bits per heavy atom. The van der Waals surface area contributed by atoms with Gasteiger partial charge >= 0.3 is 0 Å². The standard InChI is InChI=1S/C16H12ClFN2O/c1-9-4-3-5-12-14(9)19-16(20-15(12)17)11-7-6-10(21-2)8-13(11)18/h3-8H,1-2H3. The molecule has 1 aromatic heterocycles. The molecule has 5 heteroatoms. The van der Waals surface area contributed by atoms with Gasteiger partial charge in [0.2, 0.25) is 0 Å². The fraction of sp³-hybridized carbons (Fsp3) is 0.125. The third-order valence-electron chi connectivity index (χ3n) is 3.30. The molecule has 0 radical (unpaired) electrons. The fourth-order valence-electron chi connectivity index (χ4n) is 2.18. The predicted octanol–water partition coefficient (Wildman–Crippen LogP) is 4.41. The summed E-state index contributed by atoms with van der Waals surface area (Å²) in [4.78, 5) is 8.65. The second-order valence-electron chi connectivity index (χ2n) is 4.65. The minimum Gasteiger partial charge on any atom is -0.497 e. The second-order valence-corrected chi connectivity index (χ2v) is 5.01. The molecule has 21 heavy (non-hydrogen) atoms.